The first-order valence-electron chi connectivity index (χ1n) is 11.9. The molecule has 1 aromatic carbocycles. The number of hydrogen-bond donors (Lipinski definition) is 0. The van der Waals surface area contributed by atoms with Crippen molar-refractivity contribution in [1.29, 1.82) is 0 Å². The summed E-state index contributed by atoms with van der Waals surface area (Å²) in [6, 6.07) is 13.3. The smallest absolute Gasteiger partial charge is 0.173 e. The van der Waals surface area contributed by atoms with Crippen molar-refractivity contribution < 1.29 is 4.74 Å². The molecule has 1 saturated carbocycles. The molecule has 7 nitrogen and oxygen atoms in total. The van der Waals surface area contributed by atoms with Crippen LogP contribution in [-0.4, -0.2) is 49.3 Å². The maximum absolute atomic E-state index is 6.06. The van der Waals surface area contributed by atoms with Gasteiger partial charge in [0.15, 0.2) is 5.82 Å². The van der Waals surface area contributed by atoms with Crippen LogP contribution in [0, 0.1) is 6.92 Å². The Balaban J connectivity index is 1.55. The number of aromatic nitrogens is 5. The standard InChI is InChI=1S/C25H32N6O/c1-19-10-12-21(13-11-19)24(25-27-28-29-31(25)22-7-2-3-8-22)30(18-23-9-5-15-32-23)17-20-6-4-14-26-16-20/h4,6,10-14,16,22-24H,2-3,5,7-9,15,17-18H2,1H3/t23-,24-/m1/s1. The first-order valence-corrected chi connectivity index (χ1v) is 11.9. The Hall–Kier alpha value is -2.64. The third-order valence-corrected chi connectivity index (χ3v) is 6.76. The monoisotopic (exact) mass is 432 g/mol. The number of nitrogens with zero attached hydrogens (tertiary/aromatic N) is 6. The van der Waals surface area contributed by atoms with E-state index in [2.05, 4.69) is 67.3 Å². The van der Waals surface area contributed by atoms with Gasteiger partial charge in [0.2, 0.25) is 0 Å². The summed E-state index contributed by atoms with van der Waals surface area (Å²) in [5.74, 6) is 0.933. The topological polar surface area (TPSA) is 69.0 Å². The molecule has 0 spiro atoms. The van der Waals surface area contributed by atoms with E-state index in [1.165, 1.54) is 29.5 Å². The summed E-state index contributed by atoms with van der Waals surface area (Å²) in [6.45, 7) is 4.58. The number of aryl methyl sites for hydroxylation is 1. The van der Waals surface area contributed by atoms with Gasteiger partial charge in [-0.1, -0.05) is 48.7 Å². The van der Waals surface area contributed by atoms with Crippen molar-refractivity contribution in [2.75, 3.05) is 13.2 Å². The molecule has 0 unspecified atom stereocenters. The van der Waals surface area contributed by atoms with Crippen molar-refractivity contribution in [1.82, 2.24) is 30.1 Å². The maximum atomic E-state index is 6.06. The first kappa shape index (κ1) is 21.2. The van der Waals surface area contributed by atoms with E-state index < -0.39 is 0 Å². The number of tetrazole rings is 1. The van der Waals surface area contributed by atoms with E-state index in [4.69, 9.17) is 4.74 Å². The van der Waals surface area contributed by atoms with Crippen molar-refractivity contribution in [2.24, 2.45) is 0 Å². The Kier molecular flexibility index (Phi) is 6.55. The van der Waals surface area contributed by atoms with Gasteiger partial charge in [-0.3, -0.25) is 9.88 Å². The van der Waals surface area contributed by atoms with Crippen LogP contribution in [0.25, 0.3) is 0 Å². The van der Waals surface area contributed by atoms with Crippen LogP contribution in [0.15, 0.2) is 48.8 Å². The predicted octanol–water partition coefficient (Wildman–Crippen LogP) is 4.26. The molecule has 1 aliphatic heterocycles. The van der Waals surface area contributed by atoms with Gasteiger partial charge in [-0.2, -0.15) is 0 Å². The Labute approximate surface area is 189 Å². The number of benzene rings is 1. The van der Waals surface area contributed by atoms with E-state index >= 15 is 0 Å². The summed E-state index contributed by atoms with van der Waals surface area (Å²) >= 11 is 0. The minimum absolute atomic E-state index is 0.0457. The summed E-state index contributed by atoms with van der Waals surface area (Å²) in [5, 5.41) is 13.2. The van der Waals surface area contributed by atoms with Crippen molar-refractivity contribution in [3.63, 3.8) is 0 Å². The fourth-order valence-corrected chi connectivity index (χ4v) is 5.10. The molecule has 2 aromatic heterocycles. The molecule has 0 bridgehead atoms. The van der Waals surface area contributed by atoms with Gasteiger partial charge in [-0.05, 0) is 60.2 Å². The fraction of sp³-hybridized carbons (Fsp3) is 0.520. The fourth-order valence-electron chi connectivity index (χ4n) is 5.10. The molecule has 3 heterocycles. The Morgan fingerprint density at radius 1 is 1.09 bits per heavy atom. The third kappa shape index (κ3) is 4.74. The van der Waals surface area contributed by atoms with E-state index in [-0.39, 0.29) is 12.1 Å². The van der Waals surface area contributed by atoms with Crippen LogP contribution in [0.5, 0.6) is 0 Å². The molecule has 0 amide bonds. The van der Waals surface area contributed by atoms with Gasteiger partial charge in [-0.15, -0.1) is 5.10 Å². The van der Waals surface area contributed by atoms with Crippen LogP contribution in [0.3, 0.4) is 0 Å². The van der Waals surface area contributed by atoms with E-state index in [0.717, 1.165) is 51.2 Å². The SMILES string of the molecule is Cc1ccc([C@H](c2nnnn2C2CCCC2)N(Cc2cccnc2)C[C@H]2CCCO2)cc1. The van der Waals surface area contributed by atoms with Crippen LogP contribution in [0.4, 0.5) is 0 Å². The quantitative estimate of drug-likeness (QED) is 0.530. The predicted molar refractivity (Wildman–Crippen MR) is 122 cm³/mol. The van der Waals surface area contributed by atoms with Gasteiger partial charge in [0.1, 0.15) is 0 Å². The molecule has 0 N–H and O–H groups in total. The molecule has 3 aromatic rings. The molecule has 32 heavy (non-hydrogen) atoms. The second kappa shape index (κ2) is 9.88. The number of rotatable bonds is 8. The van der Waals surface area contributed by atoms with Crippen LogP contribution >= 0.6 is 0 Å². The number of ether oxygens (including phenoxy) is 1. The lowest BCUT2D eigenvalue weighted by Gasteiger charge is -2.33. The number of hydrogen-bond acceptors (Lipinski definition) is 6. The van der Waals surface area contributed by atoms with Crippen molar-refractivity contribution in [3.05, 3.63) is 71.3 Å². The second-order valence-corrected chi connectivity index (χ2v) is 9.16. The largest absolute Gasteiger partial charge is 0.377 e. The molecule has 0 radical (unpaired) electrons. The molecule has 5 rings (SSSR count). The maximum Gasteiger partial charge on any atom is 0.173 e. The van der Waals surface area contributed by atoms with E-state index in [1.807, 2.05) is 18.5 Å². The van der Waals surface area contributed by atoms with Crippen LogP contribution in [0.1, 0.15) is 73.1 Å². The number of pyridine rings is 1. The zero-order valence-corrected chi connectivity index (χ0v) is 18.8. The minimum Gasteiger partial charge on any atom is -0.377 e. The van der Waals surface area contributed by atoms with E-state index in [0.29, 0.717) is 6.04 Å². The third-order valence-electron chi connectivity index (χ3n) is 6.76. The molecule has 1 aliphatic carbocycles. The molecule has 2 atom stereocenters. The minimum atomic E-state index is -0.0457. The van der Waals surface area contributed by atoms with Crippen LogP contribution in [-0.2, 0) is 11.3 Å². The summed E-state index contributed by atoms with van der Waals surface area (Å²) in [4.78, 5) is 6.83. The van der Waals surface area contributed by atoms with Gasteiger partial charge in [0, 0.05) is 32.1 Å². The zero-order valence-electron chi connectivity index (χ0n) is 18.8. The highest BCUT2D eigenvalue weighted by molar-refractivity contribution is 5.29. The van der Waals surface area contributed by atoms with Crippen LogP contribution in [0.2, 0.25) is 0 Å². The average Bonchev–Trinajstić information content (AvgIpc) is 3.59. The summed E-state index contributed by atoms with van der Waals surface area (Å²) in [5.41, 5.74) is 3.65. The first-order chi connectivity index (χ1) is 15.8. The van der Waals surface area contributed by atoms with Crippen LogP contribution < -0.4 is 0 Å². The second-order valence-electron chi connectivity index (χ2n) is 9.16. The lowest BCUT2D eigenvalue weighted by molar-refractivity contribution is 0.0571. The summed E-state index contributed by atoms with van der Waals surface area (Å²) < 4.78 is 8.16. The molecule has 1 saturated heterocycles. The van der Waals surface area contributed by atoms with Gasteiger partial charge in [0.25, 0.3) is 0 Å². The summed E-state index contributed by atoms with van der Waals surface area (Å²) in [6.07, 6.45) is 11.0. The molecular formula is C25H32N6O. The Bertz CT molecular complexity index is 977. The van der Waals surface area contributed by atoms with Gasteiger partial charge in [0.05, 0.1) is 18.2 Å². The normalized spacial score (nSPS) is 20.2. The van der Waals surface area contributed by atoms with Crippen molar-refractivity contribution >= 4 is 0 Å². The van der Waals surface area contributed by atoms with Gasteiger partial charge < -0.3 is 4.74 Å². The molecule has 2 aliphatic rings. The molecule has 2 fully saturated rings. The lowest BCUT2D eigenvalue weighted by atomic mass is 10.0. The van der Waals surface area contributed by atoms with E-state index in [9.17, 15) is 0 Å². The highest BCUT2D eigenvalue weighted by Gasteiger charge is 2.33. The zero-order chi connectivity index (χ0) is 21.8. The average molecular weight is 433 g/mol. The van der Waals surface area contributed by atoms with Gasteiger partial charge in [-0.25, -0.2) is 4.68 Å². The highest BCUT2D eigenvalue weighted by atomic mass is 16.5. The van der Waals surface area contributed by atoms with Crippen molar-refractivity contribution in [3.8, 4) is 0 Å². The Morgan fingerprint density at radius 2 is 1.94 bits per heavy atom. The van der Waals surface area contributed by atoms with Crippen molar-refractivity contribution in [2.45, 2.75) is 70.2 Å². The lowest BCUT2D eigenvalue weighted by Crippen LogP contribution is -2.37. The molecular weight excluding hydrogens is 400 g/mol. The Morgan fingerprint density at radius 3 is 2.66 bits per heavy atom. The highest BCUT2D eigenvalue weighted by Crippen LogP contribution is 2.35. The van der Waals surface area contributed by atoms with Gasteiger partial charge >= 0.3 is 0 Å². The summed E-state index contributed by atoms with van der Waals surface area (Å²) in [7, 11) is 0. The molecule has 168 valence electrons. The van der Waals surface area contributed by atoms with E-state index in [1.54, 1.807) is 0 Å². The molecule has 7 heteroatoms.